The minimum absolute atomic E-state index is 0.121. The van der Waals surface area contributed by atoms with Gasteiger partial charge in [-0.3, -0.25) is 14.7 Å². The average Bonchev–Trinajstić information content (AvgIpc) is 3.18. The number of hydrogen-bond donors (Lipinski definition) is 0. The number of aromatic nitrogens is 1. The summed E-state index contributed by atoms with van der Waals surface area (Å²) in [7, 11) is 0. The molecule has 0 radical (unpaired) electrons. The number of unbranched alkanes of at least 4 members (excludes halogenated alkanes) is 1. The van der Waals surface area contributed by atoms with Gasteiger partial charge in [0.1, 0.15) is 0 Å². The minimum atomic E-state index is -4.50. The van der Waals surface area contributed by atoms with Crippen LogP contribution in [-0.2, 0) is 12.8 Å². The van der Waals surface area contributed by atoms with Crippen LogP contribution in [0.3, 0.4) is 0 Å². The summed E-state index contributed by atoms with van der Waals surface area (Å²) in [4.78, 5) is 23.5. The second-order valence-corrected chi connectivity index (χ2v) is 16.1. The predicted octanol–water partition coefficient (Wildman–Crippen LogP) is 11.5. The van der Waals surface area contributed by atoms with Crippen molar-refractivity contribution in [3.63, 3.8) is 0 Å². The van der Waals surface area contributed by atoms with Gasteiger partial charge in [0.2, 0.25) is 0 Å². The van der Waals surface area contributed by atoms with E-state index in [9.17, 15) is 4.79 Å². The highest BCUT2D eigenvalue weighted by atomic mass is 19.4. The summed E-state index contributed by atoms with van der Waals surface area (Å²) < 4.78 is 45.2. The molecule has 0 saturated carbocycles. The largest absolute Gasteiger partial charge is 0.418 e. The molecule has 2 aromatic carbocycles. The van der Waals surface area contributed by atoms with Crippen LogP contribution < -0.4 is 4.90 Å². The summed E-state index contributed by atoms with van der Waals surface area (Å²) >= 11 is 0. The van der Waals surface area contributed by atoms with Crippen molar-refractivity contribution in [2.24, 2.45) is 11.8 Å². The molecule has 2 fully saturated rings. The van der Waals surface area contributed by atoms with Crippen LogP contribution in [0.15, 0.2) is 84.4 Å². The molecule has 56 heavy (non-hydrogen) atoms. The summed E-state index contributed by atoms with van der Waals surface area (Å²) in [5, 5.41) is 0. The maximum absolute atomic E-state index is 15.1. The monoisotopic (exact) mass is 768 g/mol. The highest BCUT2D eigenvalue weighted by Gasteiger charge is 2.39. The van der Waals surface area contributed by atoms with Gasteiger partial charge in [-0.1, -0.05) is 64.5 Å². The van der Waals surface area contributed by atoms with E-state index in [4.69, 9.17) is 0 Å². The summed E-state index contributed by atoms with van der Waals surface area (Å²) in [6.07, 6.45) is 10.1. The molecule has 0 aliphatic carbocycles. The lowest BCUT2D eigenvalue weighted by Gasteiger charge is -2.39. The Morgan fingerprint density at radius 1 is 0.946 bits per heavy atom. The van der Waals surface area contributed by atoms with Crippen LogP contribution in [-0.4, -0.2) is 72.6 Å². The normalized spacial score (nSPS) is 16.9. The van der Waals surface area contributed by atoms with Gasteiger partial charge in [-0.2, -0.15) is 13.2 Å². The maximum Gasteiger partial charge on any atom is 0.418 e. The molecule has 5 rings (SSSR count). The molecule has 2 aliphatic heterocycles. The molecule has 0 amide bonds. The van der Waals surface area contributed by atoms with Gasteiger partial charge in [0.25, 0.3) is 0 Å². The highest BCUT2D eigenvalue weighted by Crippen LogP contribution is 2.38. The molecule has 2 saturated heterocycles. The van der Waals surface area contributed by atoms with Gasteiger partial charge in [-0.15, -0.1) is 0 Å². The van der Waals surface area contributed by atoms with Crippen LogP contribution in [0.2, 0.25) is 0 Å². The van der Waals surface area contributed by atoms with Crippen molar-refractivity contribution in [2.75, 3.05) is 50.7 Å². The first-order valence-electron chi connectivity index (χ1n) is 20.9. The standard InChI is InChI=1S/C48H63F3N4O/c1-8-11-12-47(46(48(49,50)51)32-39(10-3)40-13-15-43(35(6)30-40)45-33-52-21-17-38(45)9-2)55-23-19-37(20-24-55)18-22-53-25-27-54(28-26-53)42-14-16-44(36(7)56)41(31-42)29-34(4)5/h10,12-17,21,30-34,37H,8-9,11,18-20,22-29H2,1-7H3/b39-10+,46-32+,47-12-. The number of aryl methyl sites for hydroxylation is 2. The summed E-state index contributed by atoms with van der Waals surface area (Å²) in [5.41, 5.74) is 8.57. The number of Topliss-reactive ketones (excluding diaryl/α,β-unsaturated/α-hetero) is 1. The SMILES string of the molecule is C\C=C(/C=C(\C(=C\CCC)N1CCC(CCN2CCN(c3ccc(C(C)=O)c(CC(C)C)c3)CC2)CC1)C(F)(F)F)c1ccc(-c2cnccc2CC)c(C)c1. The van der Waals surface area contributed by atoms with E-state index < -0.39 is 11.7 Å². The smallest absolute Gasteiger partial charge is 0.371 e. The number of benzene rings is 2. The van der Waals surface area contributed by atoms with Gasteiger partial charge < -0.3 is 9.80 Å². The number of likely N-dealkylation sites (tertiary alicyclic amines) is 1. The Balaban J connectivity index is 1.22. The molecule has 302 valence electrons. The van der Waals surface area contributed by atoms with E-state index >= 15 is 13.2 Å². The Kier molecular flexibility index (Phi) is 15.2. The number of piperidine rings is 1. The Hall–Kier alpha value is -4.17. The Morgan fingerprint density at radius 3 is 2.29 bits per heavy atom. The van der Waals surface area contributed by atoms with Crippen LogP contribution in [0, 0.1) is 18.8 Å². The van der Waals surface area contributed by atoms with Crippen molar-refractivity contribution in [2.45, 2.75) is 99.6 Å². The predicted molar refractivity (Wildman–Crippen MR) is 227 cm³/mol. The number of alkyl halides is 3. The van der Waals surface area contributed by atoms with Crippen LogP contribution in [0.25, 0.3) is 16.7 Å². The number of rotatable bonds is 15. The molecule has 0 atom stereocenters. The van der Waals surface area contributed by atoms with Crippen molar-refractivity contribution < 1.29 is 18.0 Å². The molecule has 0 bridgehead atoms. The zero-order chi connectivity index (χ0) is 40.4. The third-order valence-corrected chi connectivity index (χ3v) is 11.6. The number of anilines is 1. The first-order valence-corrected chi connectivity index (χ1v) is 20.9. The van der Waals surface area contributed by atoms with Crippen LogP contribution in [0.4, 0.5) is 18.9 Å². The molecule has 3 heterocycles. The fourth-order valence-electron chi connectivity index (χ4n) is 8.39. The topological polar surface area (TPSA) is 39.7 Å². The van der Waals surface area contributed by atoms with E-state index in [1.807, 2.05) is 68.3 Å². The average molecular weight is 769 g/mol. The minimum Gasteiger partial charge on any atom is -0.371 e. The van der Waals surface area contributed by atoms with Crippen molar-refractivity contribution in [1.82, 2.24) is 14.8 Å². The van der Waals surface area contributed by atoms with Crippen molar-refractivity contribution in [3.05, 3.63) is 112 Å². The number of nitrogens with zero attached hydrogens (tertiary/aromatic N) is 4. The second-order valence-electron chi connectivity index (χ2n) is 16.1. The molecular weight excluding hydrogens is 706 g/mol. The fourth-order valence-corrected chi connectivity index (χ4v) is 8.39. The van der Waals surface area contributed by atoms with Crippen molar-refractivity contribution in [1.29, 1.82) is 0 Å². The molecule has 3 aromatic rings. The third-order valence-electron chi connectivity index (χ3n) is 11.6. The second kappa shape index (κ2) is 19.8. The number of pyridine rings is 1. The summed E-state index contributed by atoms with van der Waals surface area (Å²) in [6, 6.07) is 14.3. The Labute approximate surface area is 334 Å². The zero-order valence-corrected chi connectivity index (χ0v) is 34.8. The zero-order valence-electron chi connectivity index (χ0n) is 34.8. The highest BCUT2D eigenvalue weighted by molar-refractivity contribution is 5.96. The Bertz CT molecular complexity index is 1880. The molecular formula is C48H63F3N4O. The molecule has 5 nitrogen and oxygen atoms in total. The van der Waals surface area contributed by atoms with E-state index in [-0.39, 0.29) is 5.78 Å². The lowest BCUT2D eigenvalue weighted by molar-refractivity contribution is -0.0917. The van der Waals surface area contributed by atoms with Gasteiger partial charge in [0, 0.05) is 74.2 Å². The molecule has 0 unspecified atom stereocenters. The van der Waals surface area contributed by atoms with E-state index in [1.54, 1.807) is 19.2 Å². The maximum atomic E-state index is 15.1. The summed E-state index contributed by atoms with van der Waals surface area (Å²) in [5.74, 6) is 1.09. The first kappa shape index (κ1) is 43.0. The van der Waals surface area contributed by atoms with Gasteiger partial charge in [-0.25, -0.2) is 0 Å². The number of hydrogen-bond acceptors (Lipinski definition) is 5. The number of allylic oxidation sites excluding steroid dienone is 5. The first-order chi connectivity index (χ1) is 26.8. The van der Waals surface area contributed by atoms with Gasteiger partial charge in [-0.05, 0) is 141 Å². The number of ketones is 1. The number of halogens is 3. The van der Waals surface area contributed by atoms with Crippen LogP contribution in [0.5, 0.6) is 0 Å². The number of carbonyl (C=O) groups is 1. The van der Waals surface area contributed by atoms with E-state index in [2.05, 4.69) is 47.7 Å². The number of carbonyl (C=O) groups excluding carboxylic acids is 1. The Morgan fingerprint density at radius 2 is 1.68 bits per heavy atom. The lowest BCUT2D eigenvalue weighted by Crippen LogP contribution is -2.47. The molecule has 2 aliphatic rings. The molecule has 8 heteroatoms. The van der Waals surface area contributed by atoms with Crippen LogP contribution >= 0.6 is 0 Å². The third kappa shape index (κ3) is 11.0. The van der Waals surface area contributed by atoms with E-state index in [1.165, 1.54) is 17.3 Å². The molecule has 0 spiro atoms. The number of piperazine rings is 1. The van der Waals surface area contributed by atoms with Crippen molar-refractivity contribution in [3.8, 4) is 11.1 Å². The molecule has 1 aromatic heterocycles. The van der Waals surface area contributed by atoms with E-state index in [0.29, 0.717) is 42.6 Å². The van der Waals surface area contributed by atoms with Gasteiger partial charge in [0.15, 0.2) is 5.78 Å². The summed E-state index contributed by atoms with van der Waals surface area (Å²) in [6.45, 7) is 20.1. The quantitative estimate of drug-likeness (QED) is 0.114. The van der Waals surface area contributed by atoms with Crippen LogP contribution in [0.1, 0.15) is 106 Å². The van der Waals surface area contributed by atoms with Gasteiger partial charge >= 0.3 is 6.18 Å². The fraction of sp³-hybridized carbons (Fsp3) is 0.500. The molecule has 0 N–H and O–H groups in total. The van der Waals surface area contributed by atoms with Crippen molar-refractivity contribution >= 4 is 17.0 Å². The lowest BCUT2D eigenvalue weighted by atomic mass is 9.91. The van der Waals surface area contributed by atoms with Gasteiger partial charge in [0.05, 0.1) is 5.57 Å². The van der Waals surface area contributed by atoms with E-state index in [0.717, 1.165) is 105 Å².